The SMILES string of the molecule is [CH2]C(=O)NCC1CCCCC1. The number of hydrogen-bond donors (Lipinski definition) is 1. The lowest BCUT2D eigenvalue weighted by molar-refractivity contribution is -0.117. The second-order valence-electron chi connectivity index (χ2n) is 3.31. The van der Waals surface area contributed by atoms with E-state index in [2.05, 4.69) is 12.2 Å². The number of amides is 1. The van der Waals surface area contributed by atoms with E-state index in [9.17, 15) is 4.79 Å². The van der Waals surface area contributed by atoms with Gasteiger partial charge in [-0.15, -0.1) is 0 Å². The quantitative estimate of drug-likeness (QED) is 0.642. The van der Waals surface area contributed by atoms with Crippen molar-refractivity contribution in [3.63, 3.8) is 0 Å². The lowest BCUT2D eigenvalue weighted by Crippen LogP contribution is -2.28. The molecule has 2 heteroatoms. The first-order valence-corrected chi connectivity index (χ1v) is 4.39. The maximum atomic E-state index is 10.5. The molecule has 1 rings (SSSR count). The van der Waals surface area contributed by atoms with Crippen LogP contribution in [0.4, 0.5) is 0 Å². The number of nitrogens with one attached hydrogen (secondary N) is 1. The van der Waals surface area contributed by atoms with Gasteiger partial charge in [-0.2, -0.15) is 0 Å². The van der Waals surface area contributed by atoms with Crippen LogP contribution in [-0.2, 0) is 4.79 Å². The van der Waals surface area contributed by atoms with E-state index in [0.717, 1.165) is 12.5 Å². The van der Waals surface area contributed by atoms with Gasteiger partial charge in [-0.25, -0.2) is 0 Å². The van der Waals surface area contributed by atoms with Crippen LogP contribution in [0.1, 0.15) is 32.1 Å². The Morgan fingerprint density at radius 3 is 2.55 bits per heavy atom. The highest BCUT2D eigenvalue weighted by molar-refractivity contribution is 5.79. The minimum Gasteiger partial charge on any atom is -0.356 e. The summed E-state index contributed by atoms with van der Waals surface area (Å²) in [5, 5.41) is 2.77. The molecule has 0 aromatic rings. The molecule has 11 heavy (non-hydrogen) atoms. The first-order valence-electron chi connectivity index (χ1n) is 4.39. The Kier molecular flexibility index (Phi) is 3.40. The average molecular weight is 154 g/mol. The first kappa shape index (κ1) is 8.57. The van der Waals surface area contributed by atoms with E-state index in [-0.39, 0.29) is 5.91 Å². The molecule has 0 aromatic carbocycles. The van der Waals surface area contributed by atoms with E-state index in [1.54, 1.807) is 0 Å². The molecule has 0 bridgehead atoms. The molecule has 1 radical (unpaired) electrons. The second-order valence-corrected chi connectivity index (χ2v) is 3.31. The van der Waals surface area contributed by atoms with E-state index >= 15 is 0 Å². The summed E-state index contributed by atoms with van der Waals surface area (Å²) in [6.07, 6.45) is 6.59. The number of carbonyl (C=O) groups is 1. The standard InChI is InChI=1S/C9H16NO/c1-8(11)10-7-9-5-3-2-4-6-9/h9H,1-7H2,(H,10,11). The molecule has 1 aliphatic carbocycles. The molecule has 0 spiro atoms. The molecule has 2 nitrogen and oxygen atoms in total. The molecule has 63 valence electrons. The molecule has 0 heterocycles. The highest BCUT2D eigenvalue weighted by Crippen LogP contribution is 2.22. The van der Waals surface area contributed by atoms with Crippen LogP contribution in [0.5, 0.6) is 0 Å². The van der Waals surface area contributed by atoms with Crippen LogP contribution >= 0.6 is 0 Å². The summed E-state index contributed by atoms with van der Waals surface area (Å²) in [5.41, 5.74) is 0. The number of rotatable bonds is 2. The molecule has 1 aliphatic rings. The van der Waals surface area contributed by atoms with Gasteiger partial charge in [0.15, 0.2) is 0 Å². The zero-order valence-electron chi connectivity index (χ0n) is 6.94. The third kappa shape index (κ3) is 3.40. The van der Waals surface area contributed by atoms with E-state index in [0.29, 0.717) is 0 Å². The van der Waals surface area contributed by atoms with Crippen molar-refractivity contribution in [1.82, 2.24) is 5.32 Å². The van der Waals surface area contributed by atoms with Gasteiger partial charge in [-0.1, -0.05) is 19.3 Å². The Balaban J connectivity index is 2.09. The third-order valence-electron chi connectivity index (χ3n) is 2.31. The van der Waals surface area contributed by atoms with Gasteiger partial charge in [0.25, 0.3) is 0 Å². The Morgan fingerprint density at radius 1 is 1.36 bits per heavy atom. The molecule has 0 aromatic heterocycles. The summed E-state index contributed by atoms with van der Waals surface area (Å²) in [5.74, 6) is 0.574. The van der Waals surface area contributed by atoms with Gasteiger partial charge in [-0.3, -0.25) is 4.79 Å². The Bertz CT molecular complexity index is 128. The molecule has 1 amide bonds. The van der Waals surface area contributed by atoms with Crippen LogP contribution in [0.15, 0.2) is 0 Å². The van der Waals surface area contributed by atoms with Crippen molar-refractivity contribution in [3.8, 4) is 0 Å². The minimum absolute atomic E-state index is 0.143. The second kappa shape index (κ2) is 4.37. The molecular formula is C9H16NO. The zero-order valence-corrected chi connectivity index (χ0v) is 6.94. The molecule has 1 saturated carbocycles. The van der Waals surface area contributed by atoms with Gasteiger partial charge in [0.2, 0.25) is 5.91 Å². The van der Waals surface area contributed by atoms with Gasteiger partial charge in [0, 0.05) is 13.5 Å². The van der Waals surface area contributed by atoms with E-state index in [1.807, 2.05) is 0 Å². The molecule has 0 saturated heterocycles. The summed E-state index contributed by atoms with van der Waals surface area (Å²) in [7, 11) is 0. The molecule has 0 unspecified atom stereocenters. The van der Waals surface area contributed by atoms with E-state index in [1.165, 1.54) is 32.1 Å². The van der Waals surface area contributed by atoms with Crippen LogP contribution in [0.3, 0.4) is 0 Å². The van der Waals surface area contributed by atoms with Gasteiger partial charge >= 0.3 is 0 Å². The third-order valence-corrected chi connectivity index (χ3v) is 2.31. The molecule has 1 fully saturated rings. The Morgan fingerprint density at radius 2 is 2.00 bits per heavy atom. The van der Waals surface area contributed by atoms with Crippen molar-refractivity contribution in [2.75, 3.05) is 6.54 Å². The van der Waals surface area contributed by atoms with Crippen molar-refractivity contribution in [1.29, 1.82) is 0 Å². The van der Waals surface area contributed by atoms with Crippen LogP contribution in [0.2, 0.25) is 0 Å². The summed E-state index contributed by atoms with van der Waals surface area (Å²) < 4.78 is 0. The Hall–Kier alpha value is -0.530. The summed E-state index contributed by atoms with van der Waals surface area (Å²) in [6, 6.07) is 0. The predicted octanol–water partition coefficient (Wildman–Crippen LogP) is 1.52. The van der Waals surface area contributed by atoms with Crippen LogP contribution in [0, 0.1) is 12.8 Å². The maximum Gasteiger partial charge on any atom is 0.220 e. The summed E-state index contributed by atoms with van der Waals surface area (Å²) in [4.78, 5) is 10.5. The monoisotopic (exact) mass is 154 g/mol. The van der Waals surface area contributed by atoms with Crippen molar-refractivity contribution in [3.05, 3.63) is 6.92 Å². The van der Waals surface area contributed by atoms with Gasteiger partial charge < -0.3 is 5.32 Å². The molecule has 0 atom stereocenters. The van der Waals surface area contributed by atoms with Crippen molar-refractivity contribution < 1.29 is 4.79 Å². The lowest BCUT2D eigenvalue weighted by atomic mass is 9.89. The average Bonchev–Trinajstić information content (AvgIpc) is 2.03. The van der Waals surface area contributed by atoms with Crippen molar-refractivity contribution in [2.24, 2.45) is 5.92 Å². The van der Waals surface area contributed by atoms with E-state index < -0.39 is 0 Å². The smallest absolute Gasteiger partial charge is 0.220 e. The fraction of sp³-hybridized carbons (Fsp3) is 0.778. The highest BCUT2D eigenvalue weighted by atomic mass is 16.1. The summed E-state index contributed by atoms with van der Waals surface area (Å²) >= 11 is 0. The number of hydrogen-bond acceptors (Lipinski definition) is 1. The van der Waals surface area contributed by atoms with Crippen LogP contribution in [0.25, 0.3) is 0 Å². The van der Waals surface area contributed by atoms with Gasteiger partial charge in [-0.05, 0) is 18.8 Å². The normalized spacial score (nSPS) is 19.7. The highest BCUT2D eigenvalue weighted by Gasteiger charge is 2.12. The minimum atomic E-state index is -0.143. The fourth-order valence-electron chi connectivity index (χ4n) is 1.65. The maximum absolute atomic E-state index is 10.5. The predicted molar refractivity (Wildman–Crippen MR) is 44.9 cm³/mol. The van der Waals surface area contributed by atoms with Gasteiger partial charge in [0.05, 0.1) is 0 Å². The van der Waals surface area contributed by atoms with Crippen molar-refractivity contribution >= 4 is 5.91 Å². The first-order chi connectivity index (χ1) is 5.29. The van der Waals surface area contributed by atoms with Crippen molar-refractivity contribution in [2.45, 2.75) is 32.1 Å². The van der Waals surface area contributed by atoms with Crippen LogP contribution < -0.4 is 5.32 Å². The zero-order chi connectivity index (χ0) is 8.10. The molecular weight excluding hydrogens is 138 g/mol. The topological polar surface area (TPSA) is 29.1 Å². The largest absolute Gasteiger partial charge is 0.356 e. The molecule has 0 aliphatic heterocycles. The lowest BCUT2D eigenvalue weighted by Gasteiger charge is -2.21. The fourth-order valence-corrected chi connectivity index (χ4v) is 1.65. The van der Waals surface area contributed by atoms with E-state index in [4.69, 9.17) is 0 Å². The molecule has 1 N–H and O–H groups in total. The number of carbonyl (C=O) groups excluding carboxylic acids is 1. The van der Waals surface area contributed by atoms with Gasteiger partial charge in [0.1, 0.15) is 0 Å². The van der Waals surface area contributed by atoms with Crippen LogP contribution in [-0.4, -0.2) is 12.5 Å². The Labute approximate surface area is 68.4 Å². The summed E-state index contributed by atoms with van der Waals surface area (Å²) in [6.45, 7) is 4.11.